The minimum Gasteiger partial charge on any atom is -0.294 e. The maximum atomic E-state index is 13.1. The first kappa shape index (κ1) is 15.5. The fourth-order valence-electron chi connectivity index (χ4n) is 1.78. The topological polar surface area (TPSA) is 17.1 Å². The Morgan fingerprint density at radius 2 is 1.70 bits per heavy atom. The highest BCUT2D eigenvalue weighted by Gasteiger charge is 2.38. The van der Waals surface area contributed by atoms with Crippen LogP contribution in [0.5, 0.6) is 0 Å². The van der Waals surface area contributed by atoms with Gasteiger partial charge in [-0.05, 0) is 17.9 Å². The van der Waals surface area contributed by atoms with Gasteiger partial charge in [-0.2, -0.15) is 13.2 Å². The van der Waals surface area contributed by atoms with E-state index >= 15 is 0 Å². The van der Waals surface area contributed by atoms with Crippen molar-refractivity contribution in [3.63, 3.8) is 0 Å². The number of hydrogen-bond donors (Lipinski definition) is 0. The van der Waals surface area contributed by atoms with Gasteiger partial charge in [0, 0.05) is 16.2 Å². The zero-order valence-corrected chi connectivity index (χ0v) is 12.2. The van der Waals surface area contributed by atoms with Gasteiger partial charge < -0.3 is 0 Å². The molecule has 2 rings (SSSR count). The molecule has 0 atom stereocenters. The first-order valence-corrected chi connectivity index (χ1v) is 8.10. The molecule has 0 spiro atoms. The van der Waals surface area contributed by atoms with Gasteiger partial charge in [-0.25, -0.2) is 0 Å². The van der Waals surface area contributed by atoms with Crippen molar-refractivity contribution in [1.29, 1.82) is 0 Å². The third kappa shape index (κ3) is 4.06. The maximum absolute atomic E-state index is 13.1. The summed E-state index contributed by atoms with van der Waals surface area (Å²) in [6, 6.07) is 8.12. The van der Waals surface area contributed by atoms with Gasteiger partial charge >= 0.3 is 6.18 Å². The van der Waals surface area contributed by atoms with Crippen molar-refractivity contribution in [2.75, 3.05) is 11.5 Å². The standard InChI is InChI=1S/C14H13F3OS2/c15-14(16,17)11(13-19-7-4-8-20-13)9-12(18)10-5-2-1-3-6-10/h1-3,5-6H,4,7-9H2. The van der Waals surface area contributed by atoms with Gasteiger partial charge in [0.1, 0.15) is 0 Å². The molecule has 0 radical (unpaired) electrons. The summed E-state index contributed by atoms with van der Waals surface area (Å²) in [4.78, 5) is 12.0. The third-order valence-corrected chi connectivity index (χ3v) is 5.49. The number of carbonyl (C=O) groups is 1. The molecule has 108 valence electrons. The van der Waals surface area contributed by atoms with Crippen LogP contribution in [-0.2, 0) is 0 Å². The van der Waals surface area contributed by atoms with E-state index in [-0.39, 0.29) is 4.24 Å². The molecule has 0 aliphatic carbocycles. The normalized spacial score (nSPS) is 16.1. The van der Waals surface area contributed by atoms with E-state index in [1.807, 2.05) is 0 Å². The predicted molar refractivity (Wildman–Crippen MR) is 78.0 cm³/mol. The fourth-order valence-corrected chi connectivity index (χ4v) is 4.47. The summed E-state index contributed by atoms with van der Waals surface area (Å²) < 4.78 is 39.7. The molecule has 0 amide bonds. The van der Waals surface area contributed by atoms with Crippen LogP contribution in [0, 0.1) is 0 Å². The molecule has 0 bridgehead atoms. The number of rotatable bonds is 3. The lowest BCUT2D eigenvalue weighted by Gasteiger charge is -2.19. The summed E-state index contributed by atoms with van der Waals surface area (Å²) in [5, 5.41) is 0. The van der Waals surface area contributed by atoms with E-state index in [0.717, 1.165) is 6.42 Å². The second-order valence-corrected chi connectivity index (χ2v) is 6.75. The average molecular weight is 318 g/mol. The Morgan fingerprint density at radius 1 is 1.10 bits per heavy atom. The molecule has 1 heterocycles. The molecule has 0 N–H and O–H groups in total. The van der Waals surface area contributed by atoms with Crippen molar-refractivity contribution < 1.29 is 18.0 Å². The second-order valence-electron chi connectivity index (χ2n) is 4.28. The lowest BCUT2D eigenvalue weighted by Crippen LogP contribution is -2.18. The van der Waals surface area contributed by atoms with Crippen LogP contribution in [0.3, 0.4) is 0 Å². The smallest absolute Gasteiger partial charge is 0.294 e. The number of halogens is 3. The molecule has 1 saturated heterocycles. The van der Waals surface area contributed by atoms with E-state index in [9.17, 15) is 18.0 Å². The van der Waals surface area contributed by atoms with Gasteiger partial charge in [0.05, 0.1) is 5.57 Å². The summed E-state index contributed by atoms with van der Waals surface area (Å²) in [6.45, 7) is 0. The van der Waals surface area contributed by atoms with Crippen LogP contribution < -0.4 is 0 Å². The van der Waals surface area contributed by atoms with E-state index in [1.165, 1.54) is 23.5 Å². The van der Waals surface area contributed by atoms with Gasteiger partial charge in [0.2, 0.25) is 0 Å². The van der Waals surface area contributed by atoms with Crippen molar-refractivity contribution in [2.24, 2.45) is 0 Å². The Bertz CT molecular complexity index is 501. The molecule has 6 heteroatoms. The van der Waals surface area contributed by atoms with Crippen molar-refractivity contribution in [3.8, 4) is 0 Å². The molecular weight excluding hydrogens is 305 g/mol. The zero-order chi connectivity index (χ0) is 14.6. The number of Topliss-reactive ketones (excluding diaryl/α,β-unsaturated/α-hetero) is 1. The summed E-state index contributed by atoms with van der Waals surface area (Å²) in [5.41, 5.74) is -0.373. The molecule has 20 heavy (non-hydrogen) atoms. The van der Waals surface area contributed by atoms with Crippen LogP contribution in [0.25, 0.3) is 0 Å². The molecule has 1 aromatic carbocycles. The van der Waals surface area contributed by atoms with Crippen molar-refractivity contribution in [3.05, 3.63) is 45.7 Å². The molecular formula is C14H13F3OS2. The minimum atomic E-state index is -4.45. The van der Waals surface area contributed by atoms with Gasteiger partial charge in [0.25, 0.3) is 0 Å². The Hall–Kier alpha value is -0.880. The van der Waals surface area contributed by atoms with Gasteiger partial charge in [-0.15, -0.1) is 23.5 Å². The van der Waals surface area contributed by atoms with E-state index in [2.05, 4.69) is 0 Å². The highest BCUT2D eigenvalue weighted by atomic mass is 32.2. The van der Waals surface area contributed by atoms with Crippen LogP contribution in [0.4, 0.5) is 13.2 Å². The SMILES string of the molecule is O=C(CC(=C1SCCCS1)C(F)(F)F)c1ccccc1. The lowest BCUT2D eigenvalue weighted by molar-refractivity contribution is -0.0931. The number of hydrogen-bond acceptors (Lipinski definition) is 3. The number of carbonyl (C=O) groups excluding carboxylic acids is 1. The van der Waals surface area contributed by atoms with Gasteiger partial charge in [0.15, 0.2) is 5.78 Å². The van der Waals surface area contributed by atoms with Crippen LogP contribution in [-0.4, -0.2) is 23.5 Å². The Morgan fingerprint density at radius 3 is 2.25 bits per heavy atom. The van der Waals surface area contributed by atoms with E-state index in [1.54, 1.807) is 30.3 Å². The van der Waals surface area contributed by atoms with Crippen LogP contribution in [0.2, 0.25) is 0 Å². The summed E-state index contributed by atoms with van der Waals surface area (Å²) >= 11 is 2.41. The van der Waals surface area contributed by atoms with Gasteiger partial charge in [-0.1, -0.05) is 30.3 Å². The van der Waals surface area contributed by atoms with E-state index in [4.69, 9.17) is 0 Å². The highest BCUT2D eigenvalue weighted by Crippen LogP contribution is 2.44. The fraction of sp³-hybridized carbons (Fsp3) is 0.357. The Kier molecular flexibility index (Phi) is 5.21. The Balaban J connectivity index is 2.23. The minimum absolute atomic E-state index is 0.257. The Labute approximate surface area is 124 Å². The second kappa shape index (κ2) is 6.72. The summed E-state index contributed by atoms with van der Waals surface area (Å²) in [5.74, 6) is 0.875. The predicted octanol–water partition coefficient (Wildman–Crippen LogP) is 4.90. The molecule has 1 aliphatic heterocycles. The van der Waals surface area contributed by atoms with Crippen molar-refractivity contribution in [1.82, 2.24) is 0 Å². The van der Waals surface area contributed by atoms with Crippen molar-refractivity contribution >= 4 is 29.3 Å². The molecule has 1 fully saturated rings. The molecule has 1 nitrogen and oxygen atoms in total. The largest absolute Gasteiger partial charge is 0.414 e. The number of ketones is 1. The first-order chi connectivity index (χ1) is 9.48. The third-order valence-electron chi connectivity index (χ3n) is 2.78. The lowest BCUT2D eigenvalue weighted by atomic mass is 10.0. The number of alkyl halides is 3. The van der Waals surface area contributed by atoms with Crippen LogP contribution >= 0.6 is 23.5 Å². The van der Waals surface area contributed by atoms with Crippen molar-refractivity contribution in [2.45, 2.75) is 19.0 Å². The molecule has 1 aliphatic rings. The number of thioether (sulfide) groups is 2. The first-order valence-electron chi connectivity index (χ1n) is 6.12. The molecule has 1 aromatic rings. The van der Waals surface area contributed by atoms with Gasteiger partial charge in [-0.3, -0.25) is 4.79 Å². The van der Waals surface area contributed by atoms with E-state index < -0.39 is 24.0 Å². The monoisotopic (exact) mass is 318 g/mol. The summed E-state index contributed by atoms with van der Waals surface area (Å²) in [6.07, 6.45) is -4.13. The molecule has 0 aromatic heterocycles. The van der Waals surface area contributed by atoms with E-state index in [0.29, 0.717) is 17.1 Å². The average Bonchev–Trinajstić information content (AvgIpc) is 2.45. The number of benzene rings is 1. The number of allylic oxidation sites excluding steroid dienone is 1. The quantitative estimate of drug-likeness (QED) is 0.738. The molecule has 0 unspecified atom stereocenters. The van der Waals surface area contributed by atoms with Crippen LogP contribution in [0.15, 0.2) is 40.1 Å². The molecule has 0 saturated carbocycles. The summed E-state index contributed by atoms with van der Waals surface area (Å²) in [7, 11) is 0. The maximum Gasteiger partial charge on any atom is 0.414 e. The van der Waals surface area contributed by atoms with Crippen LogP contribution in [0.1, 0.15) is 23.2 Å². The highest BCUT2D eigenvalue weighted by molar-refractivity contribution is 8.22. The zero-order valence-electron chi connectivity index (χ0n) is 10.6.